The fourth-order valence-corrected chi connectivity index (χ4v) is 0.925. The maximum atomic E-state index is 5.34. The molecule has 0 heterocycles. The zero-order valence-corrected chi connectivity index (χ0v) is 8.40. The summed E-state index contributed by atoms with van der Waals surface area (Å²) < 4.78 is 0. The molecule has 0 aromatic heterocycles. The van der Waals surface area contributed by atoms with Crippen molar-refractivity contribution in [3.8, 4) is 0 Å². The van der Waals surface area contributed by atoms with Gasteiger partial charge in [0.05, 0.1) is 0 Å². The van der Waals surface area contributed by atoms with E-state index in [1.165, 1.54) is 38.5 Å². The molecule has 0 aliphatic rings. The second kappa shape index (κ2) is 12.3. The predicted molar refractivity (Wildman–Crippen MR) is 42.4 cm³/mol. The van der Waals surface area contributed by atoms with Crippen molar-refractivity contribution in [3.05, 3.63) is 0 Å². The molecule has 0 saturated carbocycles. The first-order valence-electron chi connectivity index (χ1n) is 4.12. The SMILES string of the molecule is CCCCCCCCN.[Pd]. The average molecular weight is 236 g/mol. The van der Waals surface area contributed by atoms with E-state index in [-0.39, 0.29) is 20.4 Å². The predicted octanol–water partition coefficient (Wildman–Crippen LogP) is 2.30. The van der Waals surface area contributed by atoms with Gasteiger partial charge in [0, 0.05) is 20.4 Å². The number of rotatable bonds is 6. The maximum Gasteiger partial charge on any atom is 0 e. The van der Waals surface area contributed by atoms with Crippen LogP contribution in [0.2, 0.25) is 0 Å². The Morgan fingerprint density at radius 3 is 1.90 bits per heavy atom. The summed E-state index contributed by atoms with van der Waals surface area (Å²) in [5, 5.41) is 0. The second-order valence-corrected chi connectivity index (χ2v) is 2.56. The summed E-state index contributed by atoms with van der Waals surface area (Å²) in [5.41, 5.74) is 5.34. The van der Waals surface area contributed by atoms with Crippen molar-refractivity contribution in [2.24, 2.45) is 5.73 Å². The Kier molecular flexibility index (Phi) is 16.3. The van der Waals surface area contributed by atoms with E-state index < -0.39 is 0 Å². The van der Waals surface area contributed by atoms with Crippen LogP contribution in [0.1, 0.15) is 45.4 Å². The van der Waals surface area contributed by atoms with Crippen molar-refractivity contribution in [2.75, 3.05) is 6.54 Å². The van der Waals surface area contributed by atoms with Gasteiger partial charge in [0.25, 0.3) is 0 Å². The summed E-state index contributed by atoms with van der Waals surface area (Å²) >= 11 is 0. The van der Waals surface area contributed by atoms with Crippen LogP contribution >= 0.6 is 0 Å². The van der Waals surface area contributed by atoms with E-state index in [1.807, 2.05) is 0 Å². The molecule has 2 N–H and O–H groups in total. The van der Waals surface area contributed by atoms with Gasteiger partial charge in [0.2, 0.25) is 0 Å². The summed E-state index contributed by atoms with van der Waals surface area (Å²) in [5.74, 6) is 0. The van der Waals surface area contributed by atoms with E-state index in [0.29, 0.717) is 0 Å². The van der Waals surface area contributed by atoms with E-state index in [1.54, 1.807) is 0 Å². The Labute approximate surface area is 78.4 Å². The monoisotopic (exact) mass is 235 g/mol. The topological polar surface area (TPSA) is 26.0 Å². The van der Waals surface area contributed by atoms with Crippen molar-refractivity contribution < 1.29 is 20.4 Å². The molecule has 0 aliphatic heterocycles. The molecule has 1 nitrogen and oxygen atoms in total. The Morgan fingerprint density at radius 1 is 0.900 bits per heavy atom. The smallest absolute Gasteiger partial charge is 0 e. The molecule has 0 saturated heterocycles. The van der Waals surface area contributed by atoms with Gasteiger partial charge in [-0.1, -0.05) is 39.0 Å². The van der Waals surface area contributed by atoms with Crippen LogP contribution < -0.4 is 5.73 Å². The molecular weight excluding hydrogens is 217 g/mol. The van der Waals surface area contributed by atoms with E-state index in [0.717, 1.165) is 6.54 Å². The zero-order valence-electron chi connectivity index (χ0n) is 6.84. The molecule has 0 aromatic rings. The zero-order chi connectivity index (χ0) is 6.95. The third-order valence-electron chi connectivity index (χ3n) is 1.56. The molecule has 66 valence electrons. The second-order valence-electron chi connectivity index (χ2n) is 2.56. The fourth-order valence-electron chi connectivity index (χ4n) is 0.925. The molecule has 0 amide bonds. The molecule has 0 spiro atoms. The number of unbranched alkanes of at least 4 members (excludes halogenated alkanes) is 5. The van der Waals surface area contributed by atoms with Gasteiger partial charge in [-0.3, -0.25) is 0 Å². The van der Waals surface area contributed by atoms with Crippen LogP contribution in [0, 0.1) is 0 Å². The van der Waals surface area contributed by atoms with Crippen LogP contribution in [0.5, 0.6) is 0 Å². The van der Waals surface area contributed by atoms with Crippen LogP contribution in [-0.4, -0.2) is 6.54 Å². The summed E-state index contributed by atoms with van der Waals surface area (Å²) in [6.07, 6.45) is 8.05. The van der Waals surface area contributed by atoms with Gasteiger partial charge >= 0.3 is 0 Å². The van der Waals surface area contributed by atoms with Gasteiger partial charge in [0.15, 0.2) is 0 Å². The van der Waals surface area contributed by atoms with Crippen LogP contribution in [0.15, 0.2) is 0 Å². The first kappa shape index (κ1) is 13.2. The Bertz CT molecular complexity index is 42.5. The number of hydrogen-bond donors (Lipinski definition) is 1. The Morgan fingerprint density at radius 2 is 1.40 bits per heavy atom. The first-order valence-corrected chi connectivity index (χ1v) is 4.12. The van der Waals surface area contributed by atoms with Gasteiger partial charge in [0.1, 0.15) is 0 Å². The molecule has 0 fully saturated rings. The Balaban J connectivity index is 0. The van der Waals surface area contributed by atoms with E-state index in [2.05, 4.69) is 6.92 Å². The molecular formula is C8H19NPd. The summed E-state index contributed by atoms with van der Waals surface area (Å²) in [7, 11) is 0. The van der Waals surface area contributed by atoms with Crippen molar-refractivity contribution in [2.45, 2.75) is 45.4 Å². The molecule has 10 heavy (non-hydrogen) atoms. The van der Waals surface area contributed by atoms with E-state index in [4.69, 9.17) is 5.73 Å². The minimum absolute atomic E-state index is 0. The van der Waals surface area contributed by atoms with E-state index in [9.17, 15) is 0 Å². The molecule has 0 radical (unpaired) electrons. The summed E-state index contributed by atoms with van der Waals surface area (Å²) in [6.45, 7) is 3.11. The van der Waals surface area contributed by atoms with E-state index >= 15 is 0 Å². The average Bonchev–Trinajstić information content (AvgIpc) is 1.89. The van der Waals surface area contributed by atoms with Crippen LogP contribution in [-0.2, 0) is 20.4 Å². The molecule has 0 rings (SSSR count). The van der Waals surface area contributed by atoms with Crippen molar-refractivity contribution in [1.29, 1.82) is 0 Å². The van der Waals surface area contributed by atoms with Gasteiger partial charge in [-0.25, -0.2) is 0 Å². The number of nitrogens with two attached hydrogens (primary N) is 1. The third-order valence-corrected chi connectivity index (χ3v) is 1.56. The van der Waals surface area contributed by atoms with Gasteiger partial charge in [-0.2, -0.15) is 0 Å². The normalized spacial score (nSPS) is 9.00. The van der Waals surface area contributed by atoms with Crippen molar-refractivity contribution >= 4 is 0 Å². The number of hydrogen-bond acceptors (Lipinski definition) is 1. The first-order chi connectivity index (χ1) is 4.41. The molecule has 0 bridgehead atoms. The largest absolute Gasteiger partial charge is 0.330 e. The molecule has 2 heteroatoms. The standard InChI is InChI=1S/C8H19N.Pd/c1-2-3-4-5-6-7-8-9;/h2-9H2,1H3;. The fraction of sp³-hybridized carbons (Fsp3) is 1.00. The van der Waals surface area contributed by atoms with Crippen LogP contribution in [0.4, 0.5) is 0 Å². The minimum atomic E-state index is 0. The van der Waals surface area contributed by atoms with Gasteiger partial charge in [-0.15, -0.1) is 0 Å². The maximum absolute atomic E-state index is 5.34. The minimum Gasteiger partial charge on any atom is -0.330 e. The van der Waals surface area contributed by atoms with Gasteiger partial charge in [-0.05, 0) is 13.0 Å². The summed E-state index contributed by atoms with van der Waals surface area (Å²) in [6, 6.07) is 0. The van der Waals surface area contributed by atoms with Crippen molar-refractivity contribution in [3.63, 3.8) is 0 Å². The third kappa shape index (κ3) is 11.4. The molecule has 0 atom stereocenters. The Hall–Kier alpha value is 0.622. The molecule has 0 unspecified atom stereocenters. The molecule has 0 aliphatic carbocycles. The summed E-state index contributed by atoms with van der Waals surface area (Å²) in [4.78, 5) is 0. The van der Waals surface area contributed by atoms with Gasteiger partial charge < -0.3 is 5.73 Å². The molecule has 0 aromatic carbocycles. The quantitative estimate of drug-likeness (QED) is 0.555. The van der Waals surface area contributed by atoms with Crippen LogP contribution in [0.3, 0.4) is 0 Å². The van der Waals surface area contributed by atoms with Crippen LogP contribution in [0.25, 0.3) is 0 Å². The van der Waals surface area contributed by atoms with Crippen molar-refractivity contribution in [1.82, 2.24) is 0 Å².